The molecule has 3 unspecified atom stereocenters. The molecule has 0 aromatic rings. The molecule has 0 aromatic carbocycles. The predicted molar refractivity (Wildman–Crippen MR) is 77.9 cm³/mol. The van der Waals surface area contributed by atoms with Crippen molar-refractivity contribution in [3.8, 4) is 0 Å². The van der Waals surface area contributed by atoms with E-state index in [1.807, 2.05) is 0 Å². The Morgan fingerprint density at radius 1 is 1.44 bits per heavy atom. The Balaban J connectivity index is 2.58. The van der Waals surface area contributed by atoms with Gasteiger partial charge in [0.1, 0.15) is 0 Å². The average Bonchev–Trinajstić information content (AvgIpc) is 2.28. The van der Waals surface area contributed by atoms with Crippen molar-refractivity contribution in [3.63, 3.8) is 0 Å². The van der Waals surface area contributed by atoms with Crippen molar-refractivity contribution in [2.24, 2.45) is 11.3 Å². The molecular weight excluding hydrogens is 224 g/mol. The Labute approximate surface area is 113 Å². The third-order valence-corrected chi connectivity index (χ3v) is 4.70. The van der Waals surface area contributed by atoms with Crippen LogP contribution in [0.5, 0.6) is 0 Å². The molecule has 0 aliphatic heterocycles. The molecule has 0 heterocycles. The number of rotatable bonds is 6. The molecule has 108 valence electrons. The van der Waals surface area contributed by atoms with Crippen LogP contribution in [0.4, 0.5) is 0 Å². The van der Waals surface area contributed by atoms with E-state index in [0.29, 0.717) is 17.5 Å². The summed E-state index contributed by atoms with van der Waals surface area (Å²) in [4.78, 5) is 2.44. The molecule has 0 saturated heterocycles. The summed E-state index contributed by atoms with van der Waals surface area (Å²) in [5, 5.41) is 3.56. The van der Waals surface area contributed by atoms with Gasteiger partial charge in [0.2, 0.25) is 0 Å². The third kappa shape index (κ3) is 3.94. The minimum atomic E-state index is 0.420. The Bertz CT molecular complexity index is 243. The molecule has 1 aliphatic rings. The van der Waals surface area contributed by atoms with Gasteiger partial charge in [-0.05, 0) is 45.2 Å². The fourth-order valence-electron chi connectivity index (χ4n) is 3.52. The molecule has 3 nitrogen and oxygen atoms in total. The topological polar surface area (TPSA) is 24.5 Å². The molecule has 1 fully saturated rings. The Kier molecular flexibility index (Phi) is 6.09. The van der Waals surface area contributed by atoms with E-state index in [1.54, 1.807) is 7.11 Å². The lowest BCUT2D eigenvalue weighted by Crippen LogP contribution is -2.52. The maximum Gasteiger partial charge on any atom is 0.0615 e. The van der Waals surface area contributed by atoms with Crippen LogP contribution in [0.25, 0.3) is 0 Å². The van der Waals surface area contributed by atoms with Crippen molar-refractivity contribution < 1.29 is 4.74 Å². The van der Waals surface area contributed by atoms with Gasteiger partial charge in [-0.15, -0.1) is 0 Å². The van der Waals surface area contributed by atoms with Crippen LogP contribution >= 0.6 is 0 Å². The smallest absolute Gasteiger partial charge is 0.0615 e. The molecule has 1 aliphatic carbocycles. The fourth-order valence-corrected chi connectivity index (χ4v) is 3.52. The van der Waals surface area contributed by atoms with Crippen LogP contribution in [0.2, 0.25) is 0 Å². The number of hydrogen-bond donors (Lipinski definition) is 1. The molecule has 3 atom stereocenters. The highest BCUT2D eigenvalue weighted by atomic mass is 16.5. The number of methoxy groups -OCH3 is 1. The Morgan fingerprint density at radius 3 is 2.67 bits per heavy atom. The number of nitrogens with zero attached hydrogens (tertiary/aromatic N) is 1. The summed E-state index contributed by atoms with van der Waals surface area (Å²) in [5.41, 5.74) is 0.420. The predicted octanol–water partition coefficient (Wildman–Crippen LogP) is 2.37. The molecule has 0 radical (unpaired) electrons. The van der Waals surface area contributed by atoms with E-state index in [2.05, 4.69) is 45.1 Å². The van der Waals surface area contributed by atoms with Crippen molar-refractivity contribution in [2.45, 2.75) is 52.1 Å². The zero-order valence-corrected chi connectivity index (χ0v) is 13.1. The lowest BCUT2D eigenvalue weighted by molar-refractivity contribution is 0.0602. The lowest BCUT2D eigenvalue weighted by atomic mass is 9.68. The molecule has 1 saturated carbocycles. The summed E-state index contributed by atoms with van der Waals surface area (Å²) in [6.45, 7) is 9.03. The molecule has 1 rings (SSSR count). The molecule has 3 heteroatoms. The minimum absolute atomic E-state index is 0.420. The maximum absolute atomic E-state index is 5.25. The highest BCUT2D eigenvalue weighted by molar-refractivity contribution is 4.93. The van der Waals surface area contributed by atoms with Crippen LogP contribution in [-0.4, -0.2) is 51.3 Å². The lowest BCUT2D eigenvalue weighted by Gasteiger charge is -2.45. The van der Waals surface area contributed by atoms with Crippen molar-refractivity contribution in [1.82, 2.24) is 10.2 Å². The Morgan fingerprint density at radius 2 is 2.11 bits per heavy atom. The van der Waals surface area contributed by atoms with Crippen molar-refractivity contribution in [2.75, 3.05) is 34.4 Å². The van der Waals surface area contributed by atoms with E-state index in [-0.39, 0.29) is 0 Å². The molecule has 18 heavy (non-hydrogen) atoms. The van der Waals surface area contributed by atoms with Crippen LogP contribution < -0.4 is 5.32 Å². The van der Waals surface area contributed by atoms with Gasteiger partial charge in [-0.25, -0.2) is 0 Å². The molecule has 1 N–H and O–H groups in total. The summed E-state index contributed by atoms with van der Waals surface area (Å²) < 4.78 is 5.25. The van der Waals surface area contributed by atoms with Crippen molar-refractivity contribution in [3.05, 3.63) is 0 Å². The first-order chi connectivity index (χ1) is 8.42. The van der Waals surface area contributed by atoms with Crippen molar-refractivity contribution >= 4 is 0 Å². The van der Waals surface area contributed by atoms with E-state index in [0.717, 1.165) is 12.5 Å². The van der Waals surface area contributed by atoms with Crippen LogP contribution in [0, 0.1) is 11.3 Å². The van der Waals surface area contributed by atoms with Gasteiger partial charge in [-0.3, -0.25) is 0 Å². The molecular formula is C15H32N2O. The van der Waals surface area contributed by atoms with Gasteiger partial charge in [0.15, 0.2) is 0 Å². The summed E-state index contributed by atoms with van der Waals surface area (Å²) in [5.74, 6) is 0.753. The van der Waals surface area contributed by atoms with Crippen LogP contribution in [0.1, 0.15) is 40.0 Å². The SMILES string of the molecule is CNC1C(CN(C)C(C)COC)CCCC1(C)C. The van der Waals surface area contributed by atoms with E-state index in [1.165, 1.54) is 25.8 Å². The van der Waals surface area contributed by atoms with Crippen LogP contribution in [-0.2, 0) is 4.74 Å². The highest BCUT2D eigenvalue weighted by Gasteiger charge is 2.38. The van der Waals surface area contributed by atoms with E-state index >= 15 is 0 Å². The Hall–Kier alpha value is -0.120. The van der Waals surface area contributed by atoms with Gasteiger partial charge < -0.3 is 15.0 Å². The van der Waals surface area contributed by atoms with E-state index in [9.17, 15) is 0 Å². The van der Waals surface area contributed by atoms with Crippen LogP contribution in [0.15, 0.2) is 0 Å². The number of nitrogens with one attached hydrogen (secondary N) is 1. The minimum Gasteiger partial charge on any atom is -0.383 e. The summed E-state index contributed by atoms with van der Waals surface area (Å²) in [6.07, 6.45) is 4.05. The second-order valence-electron chi connectivity index (χ2n) is 6.65. The molecule has 0 spiro atoms. The summed E-state index contributed by atoms with van der Waals surface area (Å²) >= 11 is 0. The van der Waals surface area contributed by atoms with Gasteiger partial charge in [-0.1, -0.05) is 20.3 Å². The first kappa shape index (κ1) is 15.9. The second kappa shape index (κ2) is 6.88. The standard InChI is InChI=1S/C15H32N2O/c1-12(11-18-6)17(5)10-13-8-7-9-15(2,3)14(13)16-4/h12-14,16H,7-11H2,1-6H3. The van der Waals surface area contributed by atoms with Gasteiger partial charge >= 0.3 is 0 Å². The number of likely N-dealkylation sites (N-methyl/N-ethyl adjacent to an activating group) is 1. The average molecular weight is 256 g/mol. The van der Waals surface area contributed by atoms with Gasteiger partial charge in [0, 0.05) is 25.7 Å². The van der Waals surface area contributed by atoms with Crippen LogP contribution in [0.3, 0.4) is 0 Å². The highest BCUT2D eigenvalue weighted by Crippen LogP contribution is 2.39. The molecule has 0 aromatic heterocycles. The zero-order valence-electron chi connectivity index (χ0n) is 13.1. The first-order valence-electron chi connectivity index (χ1n) is 7.28. The monoisotopic (exact) mass is 256 g/mol. The zero-order chi connectivity index (χ0) is 13.8. The maximum atomic E-state index is 5.25. The summed E-state index contributed by atoms with van der Waals surface area (Å²) in [6, 6.07) is 1.13. The van der Waals surface area contributed by atoms with Gasteiger partial charge in [0.25, 0.3) is 0 Å². The number of hydrogen-bond acceptors (Lipinski definition) is 3. The van der Waals surface area contributed by atoms with Gasteiger partial charge in [0.05, 0.1) is 6.61 Å². The molecule has 0 amide bonds. The number of ether oxygens (including phenoxy) is 1. The van der Waals surface area contributed by atoms with Gasteiger partial charge in [-0.2, -0.15) is 0 Å². The first-order valence-corrected chi connectivity index (χ1v) is 7.28. The second-order valence-corrected chi connectivity index (χ2v) is 6.65. The van der Waals surface area contributed by atoms with E-state index < -0.39 is 0 Å². The van der Waals surface area contributed by atoms with E-state index in [4.69, 9.17) is 4.74 Å². The molecule has 0 bridgehead atoms. The van der Waals surface area contributed by atoms with Crippen molar-refractivity contribution in [1.29, 1.82) is 0 Å². The normalized spacial score (nSPS) is 29.5. The summed E-state index contributed by atoms with van der Waals surface area (Å²) in [7, 11) is 6.12. The quantitative estimate of drug-likeness (QED) is 0.789. The fraction of sp³-hybridized carbons (Fsp3) is 1.00. The third-order valence-electron chi connectivity index (χ3n) is 4.70. The largest absolute Gasteiger partial charge is 0.383 e.